The van der Waals surface area contributed by atoms with Gasteiger partial charge >= 0.3 is 0 Å². The number of ether oxygens (including phenoxy) is 1. The van der Waals surface area contributed by atoms with Crippen LogP contribution in [-0.2, 0) is 15.5 Å². The zero-order valence-corrected chi connectivity index (χ0v) is 10.0. The first-order valence-electron chi connectivity index (χ1n) is 5.37. The van der Waals surface area contributed by atoms with Gasteiger partial charge in [0.25, 0.3) is 0 Å². The minimum Gasteiger partial charge on any atom is -0.379 e. The van der Waals surface area contributed by atoms with E-state index in [4.69, 9.17) is 4.74 Å². The molecule has 3 nitrogen and oxygen atoms in total. The normalized spacial score (nSPS) is 20.5. The summed E-state index contributed by atoms with van der Waals surface area (Å²) in [5.41, 5.74) is 0. The number of rotatable bonds is 5. The molecule has 0 radical (unpaired) electrons. The monoisotopic (exact) mass is 219 g/mol. The van der Waals surface area contributed by atoms with Crippen LogP contribution >= 0.6 is 0 Å². The SMILES string of the molecule is CC(C)OCCCN1CCS(=O)CC1. The summed E-state index contributed by atoms with van der Waals surface area (Å²) in [6, 6.07) is 0. The van der Waals surface area contributed by atoms with Gasteiger partial charge in [0.2, 0.25) is 0 Å². The van der Waals surface area contributed by atoms with Crippen LogP contribution in [0, 0.1) is 0 Å². The van der Waals surface area contributed by atoms with Gasteiger partial charge < -0.3 is 9.64 Å². The van der Waals surface area contributed by atoms with Gasteiger partial charge in [-0.3, -0.25) is 4.21 Å². The minimum absolute atomic E-state index is 0.337. The molecule has 14 heavy (non-hydrogen) atoms. The molecule has 0 bridgehead atoms. The smallest absolute Gasteiger partial charge is 0.0518 e. The highest BCUT2D eigenvalue weighted by Crippen LogP contribution is 2.01. The summed E-state index contributed by atoms with van der Waals surface area (Å²) in [5.74, 6) is 1.70. The van der Waals surface area contributed by atoms with E-state index in [-0.39, 0.29) is 0 Å². The molecule has 84 valence electrons. The first-order valence-corrected chi connectivity index (χ1v) is 6.86. The largest absolute Gasteiger partial charge is 0.379 e. The molecule has 0 aromatic carbocycles. The predicted octanol–water partition coefficient (Wildman–Crippen LogP) is 0.866. The van der Waals surface area contributed by atoms with E-state index in [0.717, 1.165) is 44.2 Å². The summed E-state index contributed by atoms with van der Waals surface area (Å²) in [5, 5.41) is 0. The Kier molecular flexibility index (Phi) is 5.67. The Hall–Kier alpha value is 0.0700. The van der Waals surface area contributed by atoms with Crippen LogP contribution in [0.3, 0.4) is 0 Å². The molecule has 0 aliphatic carbocycles. The summed E-state index contributed by atoms with van der Waals surface area (Å²) < 4.78 is 16.6. The van der Waals surface area contributed by atoms with Crippen molar-refractivity contribution in [3.8, 4) is 0 Å². The van der Waals surface area contributed by atoms with Crippen LogP contribution in [0.2, 0.25) is 0 Å². The van der Waals surface area contributed by atoms with Gasteiger partial charge in [-0.1, -0.05) is 0 Å². The van der Waals surface area contributed by atoms with E-state index in [9.17, 15) is 4.21 Å². The Morgan fingerprint density at radius 1 is 1.36 bits per heavy atom. The van der Waals surface area contributed by atoms with Crippen LogP contribution < -0.4 is 0 Å². The molecule has 1 saturated heterocycles. The lowest BCUT2D eigenvalue weighted by atomic mass is 10.4. The van der Waals surface area contributed by atoms with Crippen molar-refractivity contribution in [2.24, 2.45) is 0 Å². The molecular formula is C10H21NO2S. The molecule has 0 N–H and O–H groups in total. The van der Waals surface area contributed by atoms with Gasteiger partial charge in [0.15, 0.2) is 0 Å². The van der Waals surface area contributed by atoms with Gasteiger partial charge in [-0.25, -0.2) is 0 Å². The highest BCUT2D eigenvalue weighted by Gasteiger charge is 2.13. The lowest BCUT2D eigenvalue weighted by Gasteiger charge is -2.25. The van der Waals surface area contributed by atoms with Gasteiger partial charge in [-0.2, -0.15) is 0 Å². The van der Waals surface area contributed by atoms with E-state index >= 15 is 0 Å². The predicted molar refractivity (Wildman–Crippen MR) is 60.0 cm³/mol. The van der Waals surface area contributed by atoms with Crippen molar-refractivity contribution >= 4 is 10.8 Å². The maximum atomic E-state index is 11.1. The highest BCUT2D eigenvalue weighted by atomic mass is 32.2. The molecule has 0 saturated carbocycles. The van der Waals surface area contributed by atoms with Gasteiger partial charge in [0.05, 0.1) is 6.10 Å². The molecular weight excluding hydrogens is 198 g/mol. The van der Waals surface area contributed by atoms with Crippen molar-refractivity contribution in [1.29, 1.82) is 0 Å². The van der Waals surface area contributed by atoms with Gasteiger partial charge in [0.1, 0.15) is 0 Å². The molecule has 0 unspecified atom stereocenters. The van der Waals surface area contributed by atoms with Crippen molar-refractivity contribution in [1.82, 2.24) is 4.90 Å². The Bertz CT molecular complexity index is 175. The van der Waals surface area contributed by atoms with Crippen molar-refractivity contribution in [3.05, 3.63) is 0 Å². The number of hydrogen-bond donors (Lipinski definition) is 0. The van der Waals surface area contributed by atoms with Crippen molar-refractivity contribution in [2.45, 2.75) is 26.4 Å². The Morgan fingerprint density at radius 2 is 2.00 bits per heavy atom. The van der Waals surface area contributed by atoms with Crippen LogP contribution in [0.1, 0.15) is 20.3 Å². The second-order valence-electron chi connectivity index (χ2n) is 3.96. The topological polar surface area (TPSA) is 29.5 Å². The molecule has 0 amide bonds. The Morgan fingerprint density at radius 3 is 2.57 bits per heavy atom. The first-order chi connectivity index (χ1) is 6.68. The van der Waals surface area contributed by atoms with Crippen LogP contribution in [-0.4, -0.2) is 53.0 Å². The molecule has 0 aromatic heterocycles. The lowest BCUT2D eigenvalue weighted by molar-refractivity contribution is 0.0711. The minimum atomic E-state index is -0.548. The Labute approximate surface area is 89.3 Å². The fourth-order valence-electron chi connectivity index (χ4n) is 1.51. The summed E-state index contributed by atoms with van der Waals surface area (Å²) >= 11 is 0. The average Bonchev–Trinajstić information content (AvgIpc) is 2.15. The molecule has 1 fully saturated rings. The first kappa shape index (κ1) is 12.1. The molecule has 0 atom stereocenters. The van der Waals surface area contributed by atoms with Crippen molar-refractivity contribution in [3.63, 3.8) is 0 Å². The number of nitrogens with zero attached hydrogens (tertiary/aromatic N) is 1. The molecule has 1 rings (SSSR count). The molecule has 4 heteroatoms. The van der Waals surface area contributed by atoms with E-state index in [1.165, 1.54) is 0 Å². The van der Waals surface area contributed by atoms with Crippen molar-refractivity contribution in [2.75, 3.05) is 37.7 Å². The number of hydrogen-bond acceptors (Lipinski definition) is 3. The van der Waals surface area contributed by atoms with Crippen molar-refractivity contribution < 1.29 is 8.95 Å². The fraction of sp³-hybridized carbons (Fsp3) is 1.00. The summed E-state index contributed by atoms with van der Waals surface area (Å²) in [6.07, 6.45) is 1.43. The fourth-order valence-corrected chi connectivity index (χ4v) is 2.63. The molecule has 0 aromatic rings. The van der Waals surface area contributed by atoms with Crippen LogP contribution in [0.25, 0.3) is 0 Å². The van der Waals surface area contributed by atoms with E-state index in [2.05, 4.69) is 18.7 Å². The lowest BCUT2D eigenvalue weighted by Crippen LogP contribution is -2.38. The summed E-state index contributed by atoms with van der Waals surface area (Å²) in [4.78, 5) is 2.38. The zero-order valence-electron chi connectivity index (χ0n) is 9.20. The maximum absolute atomic E-state index is 11.1. The maximum Gasteiger partial charge on any atom is 0.0518 e. The second kappa shape index (κ2) is 6.53. The van der Waals surface area contributed by atoms with E-state index < -0.39 is 10.8 Å². The van der Waals surface area contributed by atoms with Crippen LogP contribution in [0.4, 0.5) is 0 Å². The van der Waals surface area contributed by atoms with E-state index in [1.54, 1.807) is 0 Å². The second-order valence-corrected chi connectivity index (χ2v) is 5.66. The average molecular weight is 219 g/mol. The summed E-state index contributed by atoms with van der Waals surface area (Å²) in [7, 11) is -0.548. The quantitative estimate of drug-likeness (QED) is 0.643. The van der Waals surface area contributed by atoms with E-state index in [0.29, 0.717) is 6.10 Å². The highest BCUT2D eigenvalue weighted by molar-refractivity contribution is 7.85. The third kappa shape index (κ3) is 5.08. The van der Waals surface area contributed by atoms with Gasteiger partial charge in [-0.15, -0.1) is 0 Å². The van der Waals surface area contributed by atoms with Gasteiger partial charge in [-0.05, 0) is 20.3 Å². The molecule has 0 spiro atoms. The van der Waals surface area contributed by atoms with E-state index in [1.807, 2.05) is 0 Å². The zero-order chi connectivity index (χ0) is 10.4. The van der Waals surface area contributed by atoms with Crippen LogP contribution in [0.5, 0.6) is 0 Å². The summed E-state index contributed by atoms with van der Waals surface area (Å²) in [6.45, 7) is 8.04. The third-order valence-corrected chi connectivity index (χ3v) is 3.62. The third-order valence-electron chi connectivity index (χ3n) is 2.34. The van der Waals surface area contributed by atoms with Gasteiger partial charge in [0, 0.05) is 48.5 Å². The molecule has 1 aliphatic rings. The molecule has 1 heterocycles. The van der Waals surface area contributed by atoms with Crippen LogP contribution in [0.15, 0.2) is 0 Å². The molecule has 1 aliphatic heterocycles. The standard InChI is InChI=1S/C10H21NO2S/c1-10(2)13-7-3-4-11-5-8-14(12)9-6-11/h10H,3-9H2,1-2H3. The Balaban J connectivity index is 1.99.